The third-order valence-corrected chi connectivity index (χ3v) is 7.09. The molecule has 144 valence electrons. The van der Waals surface area contributed by atoms with E-state index in [4.69, 9.17) is 4.99 Å². The molecule has 1 N–H and O–H groups in total. The summed E-state index contributed by atoms with van der Waals surface area (Å²) >= 11 is 0. The lowest BCUT2D eigenvalue weighted by Gasteiger charge is -2.24. The van der Waals surface area contributed by atoms with Crippen LogP contribution in [0.3, 0.4) is 0 Å². The van der Waals surface area contributed by atoms with Crippen molar-refractivity contribution in [3.05, 3.63) is 29.3 Å². The van der Waals surface area contributed by atoms with Crippen molar-refractivity contribution < 1.29 is 8.42 Å². The molecule has 2 aliphatic rings. The fourth-order valence-electron chi connectivity index (χ4n) is 3.71. The maximum atomic E-state index is 11.7. The molecule has 0 aliphatic carbocycles. The number of hydrogen-bond acceptors (Lipinski definition) is 3. The summed E-state index contributed by atoms with van der Waals surface area (Å²) in [7, 11) is -2.85. The number of rotatable bonds is 3. The van der Waals surface area contributed by atoms with E-state index in [0.717, 1.165) is 31.9 Å². The highest BCUT2D eigenvalue weighted by molar-refractivity contribution is 7.91. The lowest BCUT2D eigenvalue weighted by atomic mass is 9.86. The van der Waals surface area contributed by atoms with E-state index in [9.17, 15) is 8.42 Å². The van der Waals surface area contributed by atoms with Gasteiger partial charge in [0.25, 0.3) is 0 Å². The second kappa shape index (κ2) is 7.22. The Kier molecular flexibility index (Phi) is 5.33. The normalized spacial score (nSPS) is 22.5. The second-order valence-corrected chi connectivity index (χ2v) is 10.7. The standard InChI is InChI=1S/C20H31N3O2S/c1-5-21-19(22-13-15-9-11-26(24,25)14-15)23-10-8-16-12-17(20(2,3)4)6-7-18(16)23/h6-7,12,15H,5,8-11,13-14H2,1-4H3,(H,21,22). The van der Waals surface area contributed by atoms with Crippen LogP contribution in [0.15, 0.2) is 23.2 Å². The van der Waals surface area contributed by atoms with Crippen molar-refractivity contribution in [3.8, 4) is 0 Å². The zero-order valence-electron chi connectivity index (χ0n) is 16.4. The third-order valence-electron chi connectivity index (χ3n) is 5.26. The number of benzene rings is 1. The number of aliphatic imine (C=N–C) groups is 1. The number of anilines is 1. The molecule has 5 nitrogen and oxygen atoms in total. The van der Waals surface area contributed by atoms with E-state index in [0.29, 0.717) is 12.3 Å². The average molecular weight is 378 g/mol. The van der Waals surface area contributed by atoms with E-state index >= 15 is 0 Å². The average Bonchev–Trinajstić information content (AvgIpc) is 3.13. The van der Waals surface area contributed by atoms with Gasteiger partial charge in [-0.15, -0.1) is 0 Å². The van der Waals surface area contributed by atoms with Crippen molar-refractivity contribution in [2.45, 2.75) is 46.0 Å². The van der Waals surface area contributed by atoms with Crippen molar-refractivity contribution in [2.75, 3.05) is 36.0 Å². The van der Waals surface area contributed by atoms with Gasteiger partial charge in [0.2, 0.25) is 0 Å². The fraction of sp³-hybridized carbons (Fsp3) is 0.650. The Morgan fingerprint density at radius 2 is 2.12 bits per heavy atom. The van der Waals surface area contributed by atoms with Crippen molar-refractivity contribution in [3.63, 3.8) is 0 Å². The molecule has 1 aromatic rings. The van der Waals surface area contributed by atoms with Crippen LogP contribution in [0.25, 0.3) is 0 Å². The Morgan fingerprint density at radius 3 is 2.73 bits per heavy atom. The Bertz CT molecular complexity index is 794. The third kappa shape index (κ3) is 4.22. The Morgan fingerprint density at radius 1 is 1.35 bits per heavy atom. The molecule has 0 bridgehead atoms. The van der Waals surface area contributed by atoms with Crippen LogP contribution in [0.2, 0.25) is 0 Å². The van der Waals surface area contributed by atoms with E-state index in [1.54, 1.807) is 0 Å². The molecule has 0 radical (unpaired) electrons. The van der Waals surface area contributed by atoms with E-state index in [2.05, 4.69) is 56.1 Å². The highest BCUT2D eigenvalue weighted by Gasteiger charge is 2.29. The highest BCUT2D eigenvalue weighted by Crippen LogP contribution is 2.33. The van der Waals surface area contributed by atoms with Gasteiger partial charge in [-0.3, -0.25) is 4.99 Å². The molecule has 26 heavy (non-hydrogen) atoms. The number of hydrogen-bond donors (Lipinski definition) is 1. The second-order valence-electron chi connectivity index (χ2n) is 8.46. The minimum Gasteiger partial charge on any atom is -0.356 e. The smallest absolute Gasteiger partial charge is 0.198 e. The number of nitrogens with one attached hydrogen (secondary N) is 1. The molecule has 2 heterocycles. The Hall–Kier alpha value is -1.56. The van der Waals surface area contributed by atoms with Gasteiger partial charge in [-0.05, 0) is 48.3 Å². The van der Waals surface area contributed by atoms with Crippen LogP contribution in [-0.4, -0.2) is 45.5 Å². The molecular formula is C20H31N3O2S. The number of guanidine groups is 1. The lowest BCUT2D eigenvalue weighted by Crippen LogP contribution is -2.41. The zero-order valence-corrected chi connectivity index (χ0v) is 17.2. The molecule has 1 fully saturated rings. The first-order valence-electron chi connectivity index (χ1n) is 9.59. The molecule has 1 unspecified atom stereocenters. The molecule has 0 spiro atoms. The summed E-state index contributed by atoms with van der Waals surface area (Å²) in [6.45, 7) is 11.1. The quantitative estimate of drug-likeness (QED) is 0.650. The van der Waals surface area contributed by atoms with E-state index in [1.165, 1.54) is 16.8 Å². The van der Waals surface area contributed by atoms with E-state index in [-0.39, 0.29) is 17.1 Å². The van der Waals surface area contributed by atoms with Gasteiger partial charge in [0.05, 0.1) is 11.5 Å². The molecule has 0 saturated carbocycles. The Labute approximate surface area is 157 Å². The van der Waals surface area contributed by atoms with Crippen LogP contribution in [0.4, 0.5) is 5.69 Å². The van der Waals surface area contributed by atoms with Crippen molar-refractivity contribution in [1.29, 1.82) is 0 Å². The zero-order chi connectivity index (χ0) is 18.9. The van der Waals surface area contributed by atoms with Crippen LogP contribution in [0.1, 0.15) is 45.2 Å². The van der Waals surface area contributed by atoms with Crippen LogP contribution in [0, 0.1) is 5.92 Å². The van der Waals surface area contributed by atoms with Gasteiger partial charge >= 0.3 is 0 Å². The van der Waals surface area contributed by atoms with Crippen molar-refractivity contribution >= 4 is 21.5 Å². The van der Waals surface area contributed by atoms with E-state index in [1.807, 2.05) is 0 Å². The summed E-state index contributed by atoms with van der Waals surface area (Å²) in [5.41, 5.74) is 4.09. The van der Waals surface area contributed by atoms with Gasteiger partial charge in [0.1, 0.15) is 0 Å². The predicted molar refractivity (Wildman–Crippen MR) is 109 cm³/mol. The van der Waals surface area contributed by atoms with Gasteiger partial charge < -0.3 is 10.2 Å². The molecule has 1 atom stereocenters. The van der Waals surface area contributed by atoms with Gasteiger partial charge in [-0.25, -0.2) is 8.42 Å². The molecule has 1 aromatic carbocycles. The minimum absolute atomic E-state index is 0.148. The number of nitrogens with zero attached hydrogens (tertiary/aromatic N) is 2. The minimum atomic E-state index is -2.85. The molecule has 0 amide bonds. The van der Waals surface area contributed by atoms with Gasteiger partial charge in [0, 0.05) is 25.3 Å². The summed E-state index contributed by atoms with van der Waals surface area (Å²) in [6.07, 6.45) is 1.75. The first kappa shape index (κ1) is 19.2. The number of sulfone groups is 1. The summed E-state index contributed by atoms with van der Waals surface area (Å²) in [4.78, 5) is 7.02. The fourth-order valence-corrected chi connectivity index (χ4v) is 5.56. The predicted octanol–water partition coefficient (Wildman–Crippen LogP) is 2.75. The van der Waals surface area contributed by atoms with Crippen LogP contribution < -0.4 is 10.2 Å². The maximum absolute atomic E-state index is 11.7. The topological polar surface area (TPSA) is 61.8 Å². The van der Waals surface area contributed by atoms with Crippen LogP contribution in [-0.2, 0) is 21.7 Å². The molecule has 0 aromatic heterocycles. The van der Waals surface area contributed by atoms with Crippen molar-refractivity contribution in [1.82, 2.24) is 5.32 Å². The van der Waals surface area contributed by atoms with Crippen molar-refractivity contribution in [2.24, 2.45) is 10.9 Å². The summed E-state index contributed by atoms with van der Waals surface area (Å²) in [5, 5.41) is 3.38. The molecule has 2 aliphatic heterocycles. The van der Waals surface area contributed by atoms with Gasteiger partial charge in [-0.1, -0.05) is 32.9 Å². The first-order chi connectivity index (χ1) is 12.2. The lowest BCUT2D eigenvalue weighted by molar-refractivity contribution is 0.589. The van der Waals surface area contributed by atoms with Crippen LogP contribution >= 0.6 is 0 Å². The summed E-state index contributed by atoms with van der Waals surface area (Å²) in [5.74, 6) is 1.62. The molecule has 6 heteroatoms. The maximum Gasteiger partial charge on any atom is 0.198 e. The molecule has 3 rings (SSSR count). The molecular weight excluding hydrogens is 346 g/mol. The van der Waals surface area contributed by atoms with Gasteiger partial charge in [-0.2, -0.15) is 0 Å². The first-order valence-corrected chi connectivity index (χ1v) is 11.4. The summed E-state index contributed by atoms with van der Waals surface area (Å²) in [6, 6.07) is 6.74. The molecule has 1 saturated heterocycles. The SMILES string of the molecule is CCNC(=NCC1CCS(=O)(=O)C1)N1CCc2cc(C(C)(C)C)ccc21. The highest BCUT2D eigenvalue weighted by atomic mass is 32.2. The van der Waals surface area contributed by atoms with Crippen LogP contribution in [0.5, 0.6) is 0 Å². The van der Waals surface area contributed by atoms with Gasteiger partial charge in [0.15, 0.2) is 15.8 Å². The number of fused-ring (bicyclic) bond motifs is 1. The Balaban J connectivity index is 1.79. The largest absolute Gasteiger partial charge is 0.356 e. The van der Waals surface area contributed by atoms with E-state index < -0.39 is 9.84 Å². The monoisotopic (exact) mass is 377 g/mol. The summed E-state index contributed by atoms with van der Waals surface area (Å²) < 4.78 is 23.3.